The number of aliphatic hydroxyl groups is 1. The van der Waals surface area contributed by atoms with Crippen LogP contribution in [-0.4, -0.2) is 36.2 Å². The van der Waals surface area contributed by atoms with Gasteiger partial charge in [0.2, 0.25) is 0 Å². The van der Waals surface area contributed by atoms with Crippen molar-refractivity contribution in [2.24, 2.45) is 11.3 Å². The van der Waals surface area contributed by atoms with Crippen LogP contribution in [0, 0.1) is 11.3 Å². The van der Waals surface area contributed by atoms with Gasteiger partial charge in [0.25, 0.3) is 0 Å². The van der Waals surface area contributed by atoms with Crippen LogP contribution in [0.4, 0.5) is 0 Å². The number of hydrogen-bond acceptors (Lipinski definition) is 2. The molecule has 2 nitrogen and oxygen atoms in total. The Morgan fingerprint density at radius 2 is 2.08 bits per heavy atom. The van der Waals surface area contributed by atoms with E-state index in [0.717, 1.165) is 12.5 Å². The molecule has 0 aliphatic carbocycles. The highest BCUT2D eigenvalue weighted by Gasteiger charge is 2.28. The van der Waals surface area contributed by atoms with Crippen molar-refractivity contribution in [1.29, 1.82) is 0 Å². The number of aliphatic hydroxyl groups excluding tert-OH is 1. The Morgan fingerprint density at radius 3 is 2.62 bits per heavy atom. The second-order valence-electron chi connectivity index (χ2n) is 5.23. The molecule has 1 N–H and O–H groups in total. The lowest BCUT2D eigenvalue weighted by atomic mass is 9.76. The van der Waals surface area contributed by atoms with Crippen molar-refractivity contribution < 1.29 is 5.11 Å². The van der Waals surface area contributed by atoms with Crippen molar-refractivity contribution in [3.8, 4) is 0 Å². The summed E-state index contributed by atoms with van der Waals surface area (Å²) in [7, 11) is 0. The van der Waals surface area contributed by atoms with E-state index in [0.29, 0.717) is 12.0 Å². The van der Waals surface area contributed by atoms with Crippen LogP contribution in [0.5, 0.6) is 0 Å². The van der Waals surface area contributed by atoms with Gasteiger partial charge in [-0.25, -0.2) is 0 Å². The molecule has 78 valence electrons. The summed E-state index contributed by atoms with van der Waals surface area (Å²) in [5.41, 5.74) is 0.425. The van der Waals surface area contributed by atoms with Crippen LogP contribution in [0.1, 0.15) is 33.6 Å². The van der Waals surface area contributed by atoms with Crippen molar-refractivity contribution in [2.75, 3.05) is 26.2 Å². The molecular formula is C11H23NO. The summed E-state index contributed by atoms with van der Waals surface area (Å²) in [5.74, 6) is 0.799. The second-order valence-corrected chi connectivity index (χ2v) is 5.23. The molecule has 1 fully saturated rings. The van der Waals surface area contributed by atoms with E-state index in [1.807, 2.05) is 0 Å². The Balaban J connectivity index is 2.42. The van der Waals surface area contributed by atoms with Gasteiger partial charge < -0.3 is 10.0 Å². The van der Waals surface area contributed by atoms with Crippen LogP contribution in [0.3, 0.4) is 0 Å². The summed E-state index contributed by atoms with van der Waals surface area (Å²) in [6.07, 6.45) is 2.65. The molecule has 0 saturated carbocycles. The Kier molecular flexibility index (Phi) is 3.74. The Labute approximate surface area is 81.9 Å². The van der Waals surface area contributed by atoms with Gasteiger partial charge in [0, 0.05) is 13.1 Å². The van der Waals surface area contributed by atoms with E-state index in [1.54, 1.807) is 0 Å². The third kappa shape index (κ3) is 3.28. The molecule has 0 spiro atoms. The lowest BCUT2D eigenvalue weighted by Gasteiger charge is -2.39. The molecule has 1 saturated heterocycles. The first-order valence-corrected chi connectivity index (χ1v) is 5.37. The fourth-order valence-electron chi connectivity index (χ4n) is 2.11. The summed E-state index contributed by atoms with van der Waals surface area (Å²) in [6, 6.07) is 0. The summed E-state index contributed by atoms with van der Waals surface area (Å²) in [5, 5.41) is 8.87. The average molecular weight is 185 g/mol. The lowest BCUT2D eigenvalue weighted by molar-refractivity contribution is 0.0848. The third-order valence-corrected chi connectivity index (χ3v) is 3.15. The van der Waals surface area contributed by atoms with E-state index < -0.39 is 0 Å². The molecule has 0 bridgehead atoms. The van der Waals surface area contributed by atoms with Gasteiger partial charge >= 0.3 is 0 Å². The van der Waals surface area contributed by atoms with Crippen molar-refractivity contribution in [1.82, 2.24) is 4.90 Å². The van der Waals surface area contributed by atoms with Crippen molar-refractivity contribution in [3.05, 3.63) is 0 Å². The number of hydrogen-bond donors (Lipinski definition) is 1. The fraction of sp³-hybridized carbons (Fsp3) is 1.00. The van der Waals surface area contributed by atoms with Crippen molar-refractivity contribution in [3.63, 3.8) is 0 Å². The molecule has 1 aliphatic rings. The predicted molar refractivity (Wildman–Crippen MR) is 55.7 cm³/mol. The summed E-state index contributed by atoms with van der Waals surface area (Å²) in [4.78, 5) is 2.39. The van der Waals surface area contributed by atoms with E-state index in [1.165, 1.54) is 25.9 Å². The largest absolute Gasteiger partial charge is 0.395 e. The summed E-state index contributed by atoms with van der Waals surface area (Å²) in [6.45, 7) is 10.5. The molecule has 1 atom stereocenters. The lowest BCUT2D eigenvalue weighted by Crippen LogP contribution is -2.41. The van der Waals surface area contributed by atoms with Gasteiger partial charge in [0.1, 0.15) is 0 Å². The Hall–Kier alpha value is -0.0800. The maximum atomic E-state index is 8.87. The van der Waals surface area contributed by atoms with E-state index in [4.69, 9.17) is 5.11 Å². The zero-order chi connectivity index (χ0) is 9.90. The van der Waals surface area contributed by atoms with E-state index in [9.17, 15) is 0 Å². The molecule has 13 heavy (non-hydrogen) atoms. The van der Waals surface area contributed by atoms with Gasteiger partial charge in [0.15, 0.2) is 0 Å². The van der Waals surface area contributed by atoms with Gasteiger partial charge in [-0.15, -0.1) is 0 Å². The molecule has 1 unspecified atom stereocenters. The van der Waals surface area contributed by atoms with Crippen molar-refractivity contribution >= 4 is 0 Å². The highest BCUT2D eigenvalue weighted by Crippen LogP contribution is 2.32. The number of β-amino-alcohol motifs (C(OH)–C–C–N with tert-alkyl or cyclic N) is 1. The zero-order valence-electron chi connectivity index (χ0n) is 9.21. The SMILES string of the molecule is CC(C)(C)C1CCCN(CCO)C1. The molecule has 1 heterocycles. The standard InChI is InChI=1S/C11H23NO/c1-11(2,3)10-5-4-6-12(9-10)7-8-13/h10,13H,4-9H2,1-3H3. The monoisotopic (exact) mass is 185 g/mol. The zero-order valence-corrected chi connectivity index (χ0v) is 9.21. The molecule has 2 heteroatoms. The maximum absolute atomic E-state index is 8.87. The molecule has 0 aromatic rings. The first kappa shape index (κ1) is 11.0. The molecule has 0 aromatic carbocycles. The molecule has 0 aromatic heterocycles. The van der Waals surface area contributed by atoms with Gasteiger partial charge in [-0.1, -0.05) is 20.8 Å². The Morgan fingerprint density at radius 1 is 1.38 bits per heavy atom. The summed E-state index contributed by atoms with van der Waals surface area (Å²) < 4.78 is 0. The van der Waals surface area contributed by atoms with Crippen LogP contribution in [0.25, 0.3) is 0 Å². The fourth-order valence-corrected chi connectivity index (χ4v) is 2.11. The molecule has 0 radical (unpaired) electrons. The quantitative estimate of drug-likeness (QED) is 0.708. The number of piperidine rings is 1. The molecule has 1 aliphatic heterocycles. The first-order chi connectivity index (χ1) is 6.04. The molecule has 0 amide bonds. The van der Waals surface area contributed by atoms with Gasteiger partial charge in [-0.3, -0.25) is 0 Å². The number of likely N-dealkylation sites (tertiary alicyclic amines) is 1. The highest BCUT2D eigenvalue weighted by atomic mass is 16.3. The number of nitrogens with zero attached hydrogens (tertiary/aromatic N) is 1. The highest BCUT2D eigenvalue weighted by molar-refractivity contribution is 4.81. The minimum absolute atomic E-state index is 0.302. The topological polar surface area (TPSA) is 23.5 Å². The summed E-state index contributed by atoms with van der Waals surface area (Å²) >= 11 is 0. The van der Waals surface area contributed by atoms with Crippen LogP contribution in [0.15, 0.2) is 0 Å². The van der Waals surface area contributed by atoms with Gasteiger partial charge in [-0.05, 0) is 30.7 Å². The van der Waals surface area contributed by atoms with E-state index in [2.05, 4.69) is 25.7 Å². The first-order valence-electron chi connectivity index (χ1n) is 5.37. The minimum atomic E-state index is 0.302. The van der Waals surface area contributed by atoms with Gasteiger partial charge in [-0.2, -0.15) is 0 Å². The van der Waals surface area contributed by atoms with Crippen LogP contribution in [-0.2, 0) is 0 Å². The predicted octanol–water partition coefficient (Wildman–Crippen LogP) is 1.74. The van der Waals surface area contributed by atoms with Crippen LogP contribution >= 0.6 is 0 Å². The van der Waals surface area contributed by atoms with Crippen LogP contribution in [0.2, 0.25) is 0 Å². The molecular weight excluding hydrogens is 162 g/mol. The normalized spacial score (nSPS) is 26.3. The third-order valence-electron chi connectivity index (χ3n) is 3.15. The average Bonchev–Trinajstić information content (AvgIpc) is 2.04. The maximum Gasteiger partial charge on any atom is 0.0558 e. The smallest absolute Gasteiger partial charge is 0.0558 e. The minimum Gasteiger partial charge on any atom is -0.395 e. The van der Waals surface area contributed by atoms with Crippen molar-refractivity contribution in [2.45, 2.75) is 33.6 Å². The van der Waals surface area contributed by atoms with E-state index in [-0.39, 0.29) is 0 Å². The molecule has 1 rings (SSSR count). The van der Waals surface area contributed by atoms with Crippen LogP contribution < -0.4 is 0 Å². The number of rotatable bonds is 2. The Bertz CT molecular complexity index is 149. The van der Waals surface area contributed by atoms with E-state index >= 15 is 0 Å². The van der Waals surface area contributed by atoms with Gasteiger partial charge in [0.05, 0.1) is 6.61 Å². The second kappa shape index (κ2) is 4.43.